The van der Waals surface area contributed by atoms with Gasteiger partial charge in [-0.2, -0.15) is 0 Å². The van der Waals surface area contributed by atoms with E-state index in [0.29, 0.717) is 0 Å². The number of pyridine rings is 1. The molecule has 23 heavy (non-hydrogen) atoms. The van der Waals surface area contributed by atoms with E-state index in [1.54, 1.807) is 0 Å². The molecule has 0 radical (unpaired) electrons. The molecule has 0 bridgehead atoms. The van der Waals surface area contributed by atoms with Crippen molar-refractivity contribution in [3.8, 4) is 11.1 Å². The van der Waals surface area contributed by atoms with Crippen LogP contribution in [-0.4, -0.2) is 0 Å². The zero-order valence-electron chi connectivity index (χ0n) is 14.7. The predicted molar refractivity (Wildman–Crippen MR) is 99.3 cm³/mol. The summed E-state index contributed by atoms with van der Waals surface area (Å²) in [5.41, 5.74) is 2.59. The van der Waals surface area contributed by atoms with Gasteiger partial charge in [0, 0.05) is 18.6 Å². The van der Waals surface area contributed by atoms with Crippen molar-refractivity contribution in [2.75, 3.05) is 0 Å². The fourth-order valence-electron chi connectivity index (χ4n) is 3.03. The summed E-state index contributed by atoms with van der Waals surface area (Å²) in [6, 6.07) is 15.0. The standard InChI is InChI=1S/C22H32N/c1-2-3-4-5-6-7-8-9-13-18-23-19-16-22(17-20-23)21-14-11-10-12-15-21/h10-12,14-17,19-20H,2-9,13,18H2,1H3/q+1. The van der Waals surface area contributed by atoms with E-state index < -0.39 is 0 Å². The number of rotatable bonds is 11. The Morgan fingerprint density at radius 2 is 1.13 bits per heavy atom. The Hall–Kier alpha value is -1.63. The summed E-state index contributed by atoms with van der Waals surface area (Å²) in [4.78, 5) is 0. The second kappa shape index (κ2) is 11.0. The summed E-state index contributed by atoms with van der Waals surface area (Å²) in [5.74, 6) is 0. The summed E-state index contributed by atoms with van der Waals surface area (Å²) in [5, 5.41) is 0. The fraction of sp³-hybridized carbons (Fsp3) is 0.500. The summed E-state index contributed by atoms with van der Waals surface area (Å²) >= 11 is 0. The van der Waals surface area contributed by atoms with E-state index in [-0.39, 0.29) is 0 Å². The molecule has 0 unspecified atom stereocenters. The Kier molecular flexibility index (Phi) is 8.47. The number of aromatic nitrogens is 1. The van der Waals surface area contributed by atoms with Crippen LogP contribution in [0.4, 0.5) is 0 Å². The van der Waals surface area contributed by atoms with Gasteiger partial charge in [-0.1, -0.05) is 82.2 Å². The average Bonchev–Trinajstić information content (AvgIpc) is 2.62. The molecule has 0 saturated heterocycles. The van der Waals surface area contributed by atoms with E-state index in [9.17, 15) is 0 Å². The highest BCUT2D eigenvalue weighted by molar-refractivity contribution is 5.61. The van der Waals surface area contributed by atoms with Crippen LogP contribution in [0.3, 0.4) is 0 Å². The Morgan fingerprint density at radius 1 is 0.609 bits per heavy atom. The molecule has 1 aromatic carbocycles. The average molecular weight is 311 g/mol. The van der Waals surface area contributed by atoms with Crippen molar-refractivity contribution in [3.63, 3.8) is 0 Å². The molecule has 2 aromatic rings. The third kappa shape index (κ3) is 6.99. The van der Waals surface area contributed by atoms with Crippen LogP contribution in [0.5, 0.6) is 0 Å². The second-order valence-electron chi connectivity index (χ2n) is 6.52. The SMILES string of the molecule is CCCCCCCCCCC[n+]1ccc(-c2ccccc2)cc1. The fourth-order valence-corrected chi connectivity index (χ4v) is 3.03. The van der Waals surface area contributed by atoms with Crippen LogP contribution < -0.4 is 4.57 Å². The van der Waals surface area contributed by atoms with Gasteiger partial charge in [-0.15, -0.1) is 0 Å². The molecule has 0 atom stereocenters. The Bertz CT molecular complexity index is 515. The molecule has 1 aromatic heterocycles. The molecular formula is C22H32N+. The lowest BCUT2D eigenvalue weighted by Gasteiger charge is -2.02. The van der Waals surface area contributed by atoms with E-state index >= 15 is 0 Å². The van der Waals surface area contributed by atoms with Crippen LogP contribution in [-0.2, 0) is 6.54 Å². The van der Waals surface area contributed by atoms with Crippen molar-refractivity contribution < 1.29 is 4.57 Å². The van der Waals surface area contributed by atoms with Crippen molar-refractivity contribution >= 4 is 0 Å². The van der Waals surface area contributed by atoms with Crippen molar-refractivity contribution in [1.82, 2.24) is 0 Å². The molecule has 1 nitrogen and oxygen atoms in total. The van der Waals surface area contributed by atoms with E-state index in [4.69, 9.17) is 0 Å². The highest BCUT2D eigenvalue weighted by Crippen LogP contribution is 2.16. The normalized spacial score (nSPS) is 10.8. The largest absolute Gasteiger partial charge is 0.205 e. The summed E-state index contributed by atoms with van der Waals surface area (Å²) in [7, 11) is 0. The third-order valence-electron chi connectivity index (χ3n) is 4.52. The van der Waals surface area contributed by atoms with Gasteiger partial charge in [0.1, 0.15) is 6.54 Å². The Labute approximate surface area is 142 Å². The first-order valence-corrected chi connectivity index (χ1v) is 9.44. The van der Waals surface area contributed by atoms with Crippen LogP contribution in [0.25, 0.3) is 11.1 Å². The molecule has 0 aliphatic heterocycles. The molecule has 0 N–H and O–H groups in total. The van der Waals surface area contributed by atoms with Gasteiger partial charge in [0.2, 0.25) is 0 Å². The Balaban J connectivity index is 1.60. The van der Waals surface area contributed by atoms with Crippen molar-refractivity contribution in [2.24, 2.45) is 0 Å². The zero-order chi connectivity index (χ0) is 16.2. The molecule has 0 amide bonds. The minimum Gasteiger partial charge on any atom is -0.205 e. The van der Waals surface area contributed by atoms with Gasteiger partial charge in [0.05, 0.1) is 0 Å². The van der Waals surface area contributed by atoms with E-state index in [2.05, 4.69) is 66.3 Å². The summed E-state index contributed by atoms with van der Waals surface area (Å²) in [6.07, 6.45) is 17.0. The van der Waals surface area contributed by atoms with E-state index in [1.165, 1.54) is 68.9 Å². The van der Waals surface area contributed by atoms with Gasteiger partial charge in [0.25, 0.3) is 0 Å². The first-order valence-electron chi connectivity index (χ1n) is 9.44. The van der Waals surface area contributed by atoms with E-state index in [0.717, 1.165) is 6.54 Å². The van der Waals surface area contributed by atoms with Crippen LogP contribution >= 0.6 is 0 Å². The number of hydrogen-bond donors (Lipinski definition) is 0. The molecule has 0 aliphatic carbocycles. The molecule has 1 heterocycles. The lowest BCUT2D eigenvalue weighted by molar-refractivity contribution is -0.697. The summed E-state index contributed by atoms with van der Waals surface area (Å²) < 4.78 is 2.31. The molecule has 0 spiro atoms. The van der Waals surface area contributed by atoms with Gasteiger partial charge >= 0.3 is 0 Å². The molecule has 124 valence electrons. The van der Waals surface area contributed by atoms with Gasteiger partial charge < -0.3 is 0 Å². The molecule has 0 saturated carbocycles. The van der Waals surface area contributed by atoms with Gasteiger partial charge in [0.15, 0.2) is 12.4 Å². The number of hydrogen-bond acceptors (Lipinski definition) is 0. The molecule has 1 heteroatoms. The lowest BCUT2D eigenvalue weighted by Crippen LogP contribution is -2.32. The van der Waals surface area contributed by atoms with Crippen LogP contribution in [0.15, 0.2) is 54.9 Å². The quantitative estimate of drug-likeness (QED) is 0.345. The molecule has 0 fully saturated rings. The monoisotopic (exact) mass is 310 g/mol. The van der Waals surface area contributed by atoms with Gasteiger partial charge in [-0.3, -0.25) is 0 Å². The predicted octanol–water partition coefficient (Wildman–Crippen LogP) is 6.17. The van der Waals surface area contributed by atoms with E-state index in [1.807, 2.05) is 0 Å². The van der Waals surface area contributed by atoms with Crippen LogP contribution in [0.2, 0.25) is 0 Å². The first-order chi connectivity index (χ1) is 11.4. The molecule has 0 aliphatic rings. The zero-order valence-corrected chi connectivity index (χ0v) is 14.7. The van der Waals surface area contributed by atoms with Crippen LogP contribution in [0, 0.1) is 0 Å². The van der Waals surface area contributed by atoms with Gasteiger partial charge in [-0.05, 0) is 17.5 Å². The number of nitrogens with zero attached hydrogens (tertiary/aromatic N) is 1. The maximum atomic E-state index is 2.31. The first kappa shape index (κ1) is 17.7. The summed E-state index contributed by atoms with van der Waals surface area (Å²) in [6.45, 7) is 3.43. The van der Waals surface area contributed by atoms with Gasteiger partial charge in [-0.25, -0.2) is 4.57 Å². The maximum Gasteiger partial charge on any atom is 0.169 e. The van der Waals surface area contributed by atoms with Crippen LogP contribution in [0.1, 0.15) is 64.7 Å². The van der Waals surface area contributed by atoms with Crippen molar-refractivity contribution in [3.05, 3.63) is 54.9 Å². The topological polar surface area (TPSA) is 3.88 Å². The highest BCUT2D eigenvalue weighted by Gasteiger charge is 2.02. The smallest absolute Gasteiger partial charge is 0.169 e. The number of benzene rings is 1. The number of aryl methyl sites for hydroxylation is 1. The molecule has 2 rings (SSSR count). The minimum atomic E-state index is 1.14. The maximum absolute atomic E-state index is 2.31. The second-order valence-corrected chi connectivity index (χ2v) is 6.52. The Morgan fingerprint density at radius 3 is 1.74 bits per heavy atom. The third-order valence-corrected chi connectivity index (χ3v) is 4.52. The molecular weight excluding hydrogens is 278 g/mol. The minimum absolute atomic E-state index is 1.14. The highest BCUT2D eigenvalue weighted by atomic mass is 14.9. The number of unbranched alkanes of at least 4 members (excludes halogenated alkanes) is 8. The van der Waals surface area contributed by atoms with Crippen molar-refractivity contribution in [1.29, 1.82) is 0 Å². The van der Waals surface area contributed by atoms with Crippen molar-refractivity contribution in [2.45, 2.75) is 71.3 Å². The lowest BCUT2D eigenvalue weighted by atomic mass is 10.1.